The number of likely N-dealkylation sites (tertiary alicyclic amines) is 2. The summed E-state index contributed by atoms with van der Waals surface area (Å²) < 4.78 is 5.80. The Morgan fingerprint density at radius 1 is 1.15 bits per heavy atom. The van der Waals surface area contributed by atoms with E-state index in [0.717, 1.165) is 25.9 Å². The molecule has 0 radical (unpaired) electrons. The molecule has 26 heavy (non-hydrogen) atoms. The molecular formula is C20H28N2O4. The second-order valence-electron chi connectivity index (χ2n) is 7.65. The molecule has 0 atom stereocenters. The number of hydrogen-bond donors (Lipinski definition) is 1. The van der Waals surface area contributed by atoms with Crippen molar-refractivity contribution in [1.82, 2.24) is 9.80 Å². The molecule has 6 heteroatoms. The molecule has 0 unspecified atom stereocenters. The van der Waals surface area contributed by atoms with E-state index in [0.29, 0.717) is 37.2 Å². The largest absolute Gasteiger partial charge is 0.487 e. The second kappa shape index (κ2) is 8.08. The topological polar surface area (TPSA) is 70.1 Å². The molecule has 2 saturated heterocycles. The SMILES string of the molecule is CC(C)N1CCC(CC(=O)N2CC(Oc3ccc(C(=O)O)cc3)C2)CC1. The number of carboxylic acids is 1. The number of amides is 1. The van der Waals surface area contributed by atoms with E-state index in [1.54, 1.807) is 12.1 Å². The summed E-state index contributed by atoms with van der Waals surface area (Å²) in [5, 5.41) is 8.90. The standard InChI is InChI=1S/C20H28N2O4/c1-14(2)21-9-7-15(8-10-21)11-19(23)22-12-18(13-22)26-17-5-3-16(4-6-17)20(24)25/h3-6,14-15,18H,7-13H2,1-2H3,(H,24,25). The van der Waals surface area contributed by atoms with Gasteiger partial charge in [-0.3, -0.25) is 4.79 Å². The molecule has 1 amide bonds. The van der Waals surface area contributed by atoms with Gasteiger partial charge < -0.3 is 19.6 Å². The zero-order chi connectivity index (χ0) is 18.7. The van der Waals surface area contributed by atoms with Crippen LogP contribution in [0.1, 0.15) is 43.5 Å². The number of hydrogen-bond acceptors (Lipinski definition) is 4. The summed E-state index contributed by atoms with van der Waals surface area (Å²) >= 11 is 0. The highest BCUT2D eigenvalue weighted by atomic mass is 16.5. The molecule has 6 nitrogen and oxygen atoms in total. The number of nitrogens with zero attached hydrogens (tertiary/aromatic N) is 2. The smallest absolute Gasteiger partial charge is 0.335 e. The van der Waals surface area contributed by atoms with Crippen LogP contribution in [0.2, 0.25) is 0 Å². The molecule has 0 bridgehead atoms. The molecule has 1 aromatic carbocycles. The Hall–Kier alpha value is -2.08. The van der Waals surface area contributed by atoms with Crippen molar-refractivity contribution < 1.29 is 19.4 Å². The van der Waals surface area contributed by atoms with Crippen molar-refractivity contribution in [2.24, 2.45) is 5.92 Å². The van der Waals surface area contributed by atoms with Crippen LogP contribution in [0.25, 0.3) is 0 Å². The van der Waals surface area contributed by atoms with E-state index in [1.807, 2.05) is 4.90 Å². The van der Waals surface area contributed by atoms with Gasteiger partial charge in [-0.25, -0.2) is 4.79 Å². The normalized spacial score (nSPS) is 19.4. The predicted octanol–water partition coefficient (Wildman–Crippen LogP) is 2.48. The lowest BCUT2D eigenvalue weighted by molar-refractivity contribution is -0.141. The van der Waals surface area contributed by atoms with Crippen LogP contribution in [0.3, 0.4) is 0 Å². The summed E-state index contributed by atoms with van der Waals surface area (Å²) in [4.78, 5) is 27.6. The van der Waals surface area contributed by atoms with E-state index in [9.17, 15) is 9.59 Å². The van der Waals surface area contributed by atoms with Gasteiger partial charge in [-0.1, -0.05) is 0 Å². The van der Waals surface area contributed by atoms with Crippen LogP contribution >= 0.6 is 0 Å². The molecule has 0 aliphatic carbocycles. The Kier molecular flexibility index (Phi) is 5.81. The van der Waals surface area contributed by atoms with Crippen LogP contribution in [0.4, 0.5) is 0 Å². The van der Waals surface area contributed by atoms with Gasteiger partial charge in [0.1, 0.15) is 11.9 Å². The third kappa shape index (κ3) is 4.55. The van der Waals surface area contributed by atoms with E-state index in [4.69, 9.17) is 9.84 Å². The molecule has 2 aliphatic rings. The Balaban J connectivity index is 1.38. The second-order valence-corrected chi connectivity index (χ2v) is 7.65. The number of rotatable bonds is 6. The molecule has 2 aliphatic heterocycles. The van der Waals surface area contributed by atoms with Crippen molar-refractivity contribution in [2.75, 3.05) is 26.2 Å². The molecule has 1 N–H and O–H groups in total. The summed E-state index contributed by atoms with van der Waals surface area (Å²) in [5.74, 6) is 0.430. The van der Waals surface area contributed by atoms with Gasteiger partial charge >= 0.3 is 5.97 Å². The molecule has 3 rings (SSSR count). The first-order chi connectivity index (χ1) is 12.4. The van der Waals surface area contributed by atoms with E-state index >= 15 is 0 Å². The van der Waals surface area contributed by atoms with Crippen LogP contribution in [-0.4, -0.2) is 65.1 Å². The van der Waals surface area contributed by atoms with Crippen molar-refractivity contribution in [1.29, 1.82) is 0 Å². The highest BCUT2D eigenvalue weighted by Gasteiger charge is 2.33. The molecule has 1 aromatic rings. The lowest BCUT2D eigenvalue weighted by Crippen LogP contribution is -2.56. The third-order valence-electron chi connectivity index (χ3n) is 5.45. The van der Waals surface area contributed by atoms with Gasteiger partial charge in [0.2, 0.25) is 5.91 Å². The summed E-state index contributed by atoms with van der Waals surface area (Å²) in [6, 6.07) is 6.97. The summed E-state index contributed by atoms with van der Waals surface area (Å²) in [7, 11) is 0. The predicted molar refractivity (Wildman–Crippen MR) is 98.4 cm³/mol. The molecular weight excluding hydrogens is 332 g/mol. The third-order valence-corrected chi connectivity index (χ3v) is 5.45. The summed E-state index contributed by atoms with van der Waals surface area (Å²) in [6.45, 7) is 7.86. The molecule has 2 fully saturated rings. The van der Waals surface area contributed by atoms with Crippen molar-refractivity contribution in [3.63, 3.8) is 0 Å². The zero-order valence-corrected chi connectivity index (χ0v) is 15.6. The quantitative estimate of drug-likeness (QED) is 0.844. The average molecular weight is 360 g/mol. The number of benzene rings is 1. The van der Waals surface area contributed by atoms with Crippen LogP contribution in [0.5, 0.6) is 5.75 Å². The minimum absolute atomic E-state index is 0.00239. The van der Waals surface area contributed by atoms with Crippen molar-refractivity contribution in [3.8, 4) is 5.75 Å². The fourth-order valence-electron chi connectivity index (χ4n) is 3.63. The summed E-state index contributed by atoms with van der Waals surface area (Å²) in [6.07, 6.45) is 2.85. The number of aromatic carboxylic acids is 1. The monoisotopic (exact) mass is 360 g/mol. The Morgan fingerprint density at radius 2 is 1.77 bits per heavy atom. The van der Waals surface area contributed by atoms with E-state index in [-0.39, 0.29) is 17.6 Å². The molecule has 0 spiro atoms. The van der Waals surface area contributed by atoms with Gasteiger partial charge in [0.25, 0.3) is 0 Å². The lowest BCUT2D eigenvalue weighted by Gasteiger charge is -2.40. The van der Waals surface area contributed by atoms with E-state index in [2.05, 4.69) is 18.7 Å². The maximum Gasteiger partial charge on any atom is 0.335 e. The zero-order valence-electron chi connectivity index (χ0n) is 15.6. The van der Waals surface area contributed by atoms with Crippen molar-refractivity contribution in [3.05, 3.63) is 29.8 Å². The maximum absolute atomic E-state index is 12.4. The lowest BCUT2D eigenvalue weighted by atomic mass is 9.92. The average Bonchev–Trinajstić information content (AvgIpc) is 2.58. The van der Waals surface area contributed by atoms with Crippen molar-refractivity contribution >= 4 is 11.9 Å². The number of piperidine rings is 1. The Labute approximate surface area is 154 Å². The number of carbonyl (C=O) groups is 2. The highest BCUT2D eigenvalue weighted by molar-refractivity contribution is 5.87. The molecule has 0 aromatic heterocycles. The molecule has 142 valence electrons. The van der Waals surface area contributed by atoms with E-state index < -0.39 is 5.97 Å². The summed E-state index contributed by atoms with van der Waals surface area (Å²) in [5.41, 5.74) is 0.242. The van der Waals surface area contributed by atoms with Gasteiger partial charge in [-0.2, -0.15) is 0 Å². The van der Waals surface area contributed by atoms with Gasteiger partial charge in [0.05, 0.1) is 18.7 Å². The molecule has 0 saturated carbocycles. The first kappa shape index (κ1) is 18.7. The number of carbonyl (C=O) groups excluding carboxylic acids is 1. The van der Waals surface area contributed by atoms with Crippen molar-refractivity contribution in [2.45, 2.75) is 45.3 Å². The minimum Gasteiger partial charge on any atom is -0.487 e. The highest BCUT2D eigenvalue weighted by Crippen LogP contribution is 2.25. The minimum atomic E-state index is -0.948. The Morgan fingerprint density at radius 3 is 2.31 bits per heavy atom. The maximum atomic E-state index is 12.4. The van der Waals surface area contributed by atoms with Crippen LogP contribution in [-0.2, 0) is 4.79 Å². The van der Waals surface area contributed by atoms with Crippen LogP contribution in [0, 0.1) is 5.92 Å². The van der Waals surface area contributed by atoms with Crippen LogP contribution < -0.4 is 4.74 Å². The van der Waals surface area contributed by atoms with Gasteiger partial charge in [-0.15, -0.1) is 0 Å². The first-order valence-electron chi connectivity index (χ1n) is 9.44. The van der Waals surface area contributed by atoms with Gasteiger partial charge in [0, 0.05) is 12.5 Å². The molecule has 2 heterocycles. The number of ether oxygens (including phenoxy) is 1. The first-order valence-corrected chi connectivity index (χ1v) is 9.44. The van der Waals surface area contributed by atoms with Gasteiger partial charge in [0.15, 0.2) is 0 Å². The van der Waals surface area contributed by atoms with Crippen LogP contribution in [0.15, 0.2) is 24.3 Å². The fourth-order valence-corrected chi connectivity index (χ4v) is 3.63. The van der Waals surface area contributed by atoms with E-state index in [1.165, 1.54) is 12.1 Å². The Bertz CT molecular complexity index is 630. The number of carboxylic acid groups (broad SMARTS) is 1. The fraction of sp³-hybridized carbons (Fsp3) is 0.600. The van der Waals surface area contributed by atoms with Gasteiger partial charge in [-0.05, 0) is 70.0 Å².